The lowest BCUT2D eigenvalue weighted by molar-refractivity contribution is -0.305. The highest BCUT2D eigenvalue weighted by atomic mass is 16.4. The number of carbonyl (C=O) groups excluding carboxylic acids is 1. The van der Waals surface area contributed by atoms with Crippen molar-refractivity contribution in [2.24, 2.45) is 0 Å². The van der Waals surface area contributed by atoms with Crippen molar-refractivity contribution >= 4 is 5.97 Å². The van der Waals surface area contributed by atoms with Crippen molar-refractivity contribution in [2.45, 2.75) is 104 Å². The number of hydrogen-bond donors (Lipinski definition) is 0. The maximum atomic E-state index is 10.2. The Morgan fingerprint density at radius 3 is 1.67 bits per heavy atom. The summed E-state index contributed by atoms with van der Waals surface area (Å²) < 4.78 is 0. The second kappa shape index (κ2) is 19.2. The first-order valence-electron chi connectivity index (χ1n) is 8.62. The van der Waals surface area contributed by atoms with Gasteiger partial charge in [0.2, 0.25) is 0 Å². The minimum absolute atomic E-state index is 0. The molecule has 0 bridgehead atoms. The number of unbranched alkanes of at least 4 members (excludes halogenated alkanes) is 11. The van der Waals surface area contributed by atoms with Crippen LogP contribution < -0.4 is 5.11 Å². The summed E-state index contributed by atoms with van der Waals surface area (Å²) in [5, 5.41) is 10.2. The van der Waals surface area contributed by atoms with Crippen LogP contribution in [-0.2, 0) is 4.79 Å². The van der Waals surface area contributed by atoms with Crippen molar-refractivity contribution in [2.75, 3.05) is 0 Å². The molecule has 21 heavy (non-hydrogen) atoms. The van der Waals surface area contributed by atoms with Crippen molar-refractivity contribution in [3.8, 4) is 0 Å². The van der Waals surface area contributed by atoms with E-state index in [2.05, 4.69) is 19.1 Å². The van der Waals surface area contributed by atoms with Crippen molar-refractivity contribution in [3.05, 3.63) is 12.2 Å². The van der Waals surface area contributed by atoms with Crippen molar-refractivity contribution < 1.29 is 9.90 Å². The topological polar surface area (TPSA) is 40.1 Å². The van der Waals surface area contributed by atoms with Gasteiger partial charge in [-0.25, -0.2) is 0 Å². The van der Waals surface area contributed by atoms with Gasteiger partial charge < -0.3 is 9.90 Å². The molecule has 0 fully saturated rings. The Hall–Kier alpha value is -0.790. The highest BCUT2D eigenvalue weighted by Crippen LogP contribution is 2.09. The summed E-state index contributed by atoms with van der Waals surface area (Å²) in [4.78, 5) is 10.2. The first-order valence-corrected chi connectivity index (χ1v) is 8.62. The molecule has 0 unspecified atom stereocenters. The first-order chi connectivity index (χ1) is 9.77. The Labute approximate surface area is 133 Å². The lowest BCUT2D eigenvalue weighted by Crippen LogP contribution is -2.21. The maximum Gasteiger partial charge on any atom is 0.0414 e. The summed E-state index contributed by atoms with van der Waals surface area (Å²) in [5.41, 5.74) is 0. The molecule has 0 aliphatic rings. The molecule has 0 saturated carbocycles. The summed E-state index contributed by atoms with van der Waals surface area (Å²) in [5.74, 6) is -0.914. The van der Waals surface area contributed by atoms with Gasteiger partial charge in [0.1, 0.15) is 0 Å². The van der Waals surface area contributed by atoms with Crippen LogP contribution in [0.1, 0.15) is 104 Å². The Morgan fingerprint density at radius 1 is 0.762 bits per heavy atom. The van der Waals surface area contributed by atoms with Gasteiger partial charge in [0, 0.05) is 5.97 Å². The molecule has 0 aliphatic carbocycles. The van der Waals surface area contributed by atoms with Crippen LogP contribution in [0, 0.1) is 0 Å². The van der Waals surface area contributed by atoms with E-state index >= 15 is 0 Å². The number of carboxylic acids is 1. The molecule has 0 heterocycles. The molecule has 0 aromatic heterocycles. The SMILES string of the molecule is C.CCCCCCCC/C=C\CCCCCCCC(=O)[O-]. The summed E-state index contributed by atoms with van der Waals surface area (Å²) in [6, 6.07) is 0. The molecule has 0 saturated heterocycles. The van der Waals surface area contributed by atoms with Crippen molar-refractivity contribution in [1.29, 1.82) is 0 Å². The quantitative estimate of drug-likeness (QED) is 0.299. The van der Waals surface area contributed by atoms with Gasteiger partial charge in [0.05, 0.1) is 0 Å². The van der Waals surface area contributed by atoms with Crippen LogP contribution in [0.4, 0.5) is 0 Å². The maximum absolute atomic E-state index is 10.2. The van der Waals surface area contributed by atoms with Crippen LogP contribution >= 0.6 is 0 Å². The van der Waals surface area contributed by atoms with E-state index in [4.69, 9.17) is 0 Å². The number of carbonyl (C=O) groups is 1. The van der Waals surface area contributed by atoms with Crippen LogP contribution in [-0.4, -0.2) is 5.97 Å². The van der Waals surface area contributed by atoms with Gasteiger partial charge in [-0.3, -0.25) is 0 Å². The zero-order valence-corrected chi connectivity index (χ0v) is 13.4. The minimum Gasteiger partial charge on any atom is -0.550 e. The molecule has 0 N–H and O–H groups in total. The molecular weight excluding hydrogens is 260 g/mol. The van der Waals surface area contributed by atoms with E-state index in [1.807, 2.05) is 0 Å². The minimum atomic E-state index is -0.914. The highest BCUT2D eigenvalue weighted by Gasteiger charge is 1.91. The zero-order chi connectivity index (χ0) is 14.9. The molecule has 0 atom stereocenters. The predicted octanol–water partition coefficient (Wildman–Crippen LogP) is 5.41. The molecule has 0 aromatic rings. The monoisotopic (exact) mass is 297 g/mol. The largest absolute Gasteiger partial charge is 0.550 e. The standard InChI is InChI=1S/C18H34O2.CH4/c1-2-3-4-5-6-7-8-9-10-11-12-13-14-15-16-17-18(19)20;/h9-10H,2-8,11-17H2,1H3,(H,19,20);1H4/p-1/b10-9-;. The average Bonchev–Trinajstić information content (AvgIpc) is 2.43. The molecule has 0 rings (SSSR count). The van der Waals surface area contributed by atoms with Crippen LogP contribution in [0.2, 0.25) is 0 Å². The third kappa shape index (κ3) is 21.7. The van der Waals surface area contributed by atoms with E-state index in [1.54, 1.807) is 0 Å². The zero-order valence-electron chi connectivity index (χ0n) is 13.4. The Bertz CT molecular complexity index is 234. The number of hydrogen-bond acceptors (Lipinski definition) is 2. The highest BCUT2D eigenvalue weighted by molar-refractivity contribution is 5.63. The molecule has 2 heteroatoms. The van der Waals surface area contributed by atoms with E-state index in [0.717, 1.165) is 19.3 Å². The third-order valence-corrected chi connectivity index (χ3v) is 3.64. The van der Waals surface area contributed by atoms with E-state index in [-0.39, 0.29) is 13.8 Å². The van der Waals surface area contributed by atoms with Gasteiger partial charge in [0.15, 0.2) is 0 Å². The fourth-order valence-corrected chi connectivity index (χ4v) is 2.34. The van der Waals surface area contributed by atoms with Gasteiger partial charge in [0.25, 0.3) is 0 Å². The summed E-state index contributed by atoms with van der Waals surface area (Å²) >= 11 is 0. The van der Waals surface area contributed by atoms with Crippen molar-refractivity contribution in [1.82, 2.24) is 0 Å². The first kappa shape index (κ1) is 22.5. The summed E-state index contributed by atoms with van der Waals surface area (Å²) in [6.45, 7) is 2.26. The fourth-order valence-electron chi connectivity index (χ4n) is 2.34. The number of allylic oxidation sites excluding steroid dienone is 2. The summed E-state index contributed by atoms with van der Waals surface area (Å²) in [6.07, 6.45) is 20.9. The van der Waals surface area contributed by atoms with Crippen LogP contribution in [0.15, 0.2) is 12.2 Å². The van der Waals surface area contributed by atoms with Gasteiger partial charge in [-0.15, -0.1) is 0 Å². The van der Waals surface area contributed by atoms with Gasteiger partial charge in [-0.2, -0.15) is 0 Å². The number of rotatable bonds is 15. The molecule has 0 spiro atoms. The number of carboxylic acid groups (broad SMARTS) is 1. The van der Waals surface area contributed by atoms with Crippen LogP contribution in [0.5, 0.6) is 0 Å². The van der Waals surface area contributed by atoms with Crippen LogP contribution in [0.3, 0.4) is 0 Å². The molecule has 0 aliphatic heterocycles. The lowest BCUT2D eigenvalue weighted by Gasteiger charge is -2.01. The normalized spacial score (nSPS) is 10.7. The lowest BCUT2D eigenvalue weighted by atomic mass is 10.1. The Morgan fingerprint density at radius 2 is 1.19 bits per heavy atom. The molecule has 126 valence electrons. The second-order valence-electron chi connectivity index (χ2n) is 5.71. The Balaban J connectivity index is 0. The van der Waals surface area contributed by atoms with Crippen LogP contribution in [0.25, 0.3) is 0 Å². The average molecular weight is 298 g/mol. The van der Waals surface area contributed by atoms with E-state index in [1.165, 1.54) is 64.2 Å². The Kier molecular flexibility index (Phi) is 20.6. The molecular formula is C19H37O2-. The smallest absolute Gasteiger partial charge is 0.0414 e. The molecule has 2 nitrogen and oxygen atoms in total. The molecule has 0 aromatic carbocycles. The van der Waals surface area contributed by atoms with Gasteiger partial charge in [-0.1, -0.05) is 77.9 Å². The molecule has 0 radical (unpaired) electrons. The predicted molar refractivity (Wildman–Crippen MR) is 91.2 cm³/mol. The third-order valence-electron chi connectivity index (χ3n) is 3.64. The second-order valence-corrected chi connectivity index (χ2v) is 5.71. The fraction of sp³-hybridized carbons (Fsp3) is 0.842. The van der Waals surface area contributed by atoms with Crippen molar-refractivity contribution in [3.63, 3.8) is 0 Å². The van der Waals surface area contributed by atoms with Gasteiger partial charge >= 0.3 is 0 Å². The number of aliphatic carboxylic acids is 1. The van der Waals surface area contributed by atoms with Gasteiger partial charge in [-0.05, 0) is 38.5 Å². The van der Waals surface area contributed by atoms with E-state index < -0.39 is 5.97 Å². The summed E-state index contributed by atoms with van der Waals surface area (Å²) in [7, 11) is 0. The van der Waals surface area contributed by atoms with E-state index in [0.29, 0.717) is 0 Å². The molecule has 0 amide bonds. The van der Waals surface area contributed by atoms with E-state index in [9.17, 15) is 9.90 Å².